The van der Waals surface area contributed by atoms with Gasteiger partial charge in [0, 0.05) is 52.2 Å². The molecule has 1 fully saturated rings. The molecule has 2 bridgehead atoms. The number of hydrogen-bond donors (Lipinski definition) is 3. The van der Waals surface area contributed by atoms with E-state index in [4.69, 9.17) is 10.5 Å². The molecule has 0 radical (unpaired) electrons. The molecule has 0 saturated carbocycles. The van der Waals surface area contributed by atoms with E-state index >= 15 is 0 Å². The van der Waals surface area contributed by atoms with Gasteiger partial charge < -0.3 is 20.4 Å². The van der Waals surface area contributed by atoms with E-state index in [2.05, 4.69) is 83.6 Å². The first kappa shape index (κ1) is 24.0. The van der Waals surface area contributed by atoms with Gasteiger partial charge in [0.1, 0.15) is 0 Å². The minimum Gasteiger partial charge on any atom is -0.469 e. The Morgan fingerprint density at radius 1 is 1.19 bits per heavy atom. The van der Waals surface area contributed by atoms with Gasteiger partial charge in [-0.15, -0.1) is 0 Å². The van der Waals surface area contributed by atoms with Crippen LogP contribution in [-0.2, 0) is 22.4 Å². The molecule has 6 rings (SSSR count). The standard InChI is InChI=1S/C31H36N4O2/c1-4-18-17-35(2)28-15-25-22-7-5-6-8-26(22)34-30(25)24(14-23(18)29(28)31(36)37-3)19-9-10-21-20(11-12-32)16-33-27(21)13-19/h4-10,13,16,23-24,28-29,33-34H,11-12,14-15,17,32H2,1-3H3/b18-4+/t23-,24-,28-,29-/m0/s1. The molecule has 2 aromatic heterocycles. The van der Waals surface area contributed by atoms with Crippen LogP contribution < -0.4 is 5.73 Å². The summed E-state index contributed by atoms with van der Waals surface area (Å²) in [5.74, 6) is -0.0568. The number of carbonyl (C=O) groups excluding carboxylic acids is 1. The van der Waals surface area contributed by atoms with E-state index in [0.717, 1.165) is 36.8 Å². The number of benzene rings is 2. The van der Waals surface area contributed by atoms with Crippen LogP contribution in [0, 0.1) is 11.8 Å². The van der Waals surface area contributed by atoms with Gasteiger partial charge in [-0.3, -0.25) is 9.69 Å². The van der Waals surface area contributed by atoms with Gasteiger partial charge >= 0.3 is 5.97 Å². The molecule has 2 aliphatic rings. The van der Waals surface area contributed by atoms with Crippen molar-refractivity contribution in [2.75, 3.05) is 27.2 Å². The van der Waals surface area contributed by atoms with Crippen molar-refractivity contribution in [2.45, 2.75) is 38.1 Å². The van der Waals surface area contributed by atoms with E-state index in [9.17, 15) is 4.79 Å². The first-order valence-electron chi connectivity index (χ1n) is 13.4. The van der Waals surface area contributed by atoms with Crippen LogP contribution in [0.25, 0.3) is 21.8 Å². The fourth-order valence-corrected chi connectivity index (χ4v) is 7.04. The number of ether oxygens (including phenoxy) is 1. The van der Waals surface area contributed by atoms with Crippen molar-refractivity contribution in [1.82, 2.24) is 14.9 Å². The van der Waals surface area contributed by atoms with Crippen LogP contribution in [0.2, 0.25) is 0 Å². The first-order chi connectivity index (χ1) is 18.0. The van der Waals surface area contributed by atoms with Crippen LogP contribution in [0.4, 0.5) is 0 Å². The lowest BCUT2D eigenvalue weighted by atomic mass is 9.67. The average Bonchev–Trinajstić information content (AvgIpc) is 3.48. The Balaban J connectivity index is 1.56. The van der Waals surface area contributed by atoms with Gasteiger partial charge in [-0.2, -0.15) is 0 Å². The Morgan fingerprint density at radius 2 is 2.03 bits per heavy atom. The molecule has 37 heavy (non-hydrogen) atoms. The second kappa shape index (κ2) is 9.51. The van der Waals surface area contributed by atoms with E-state index in [1.54, 1.807) is 0 Å². The van der Waals surface area contributed by atoms with Crippen molar-refractivity contribution >= 4 is 27.8 Å². The van der Waals surface area contributed by atoms with Crippen molar-refractivity contribution in [3.63, 3.8) is 0 Å². The van der Waals surface area contributed by atoms with Crippen LogP contribution in [0.1, 0.15) is 41.6 Å². The highest BCUT2D eigenvalue weighted by molar-refractivity contribution is 5.87. The number of piperidine rings is 1. The van der Waals surface area contributed by atoms with E-state index < -0.39 is 0 Å². The van der Waals surface area contributed by atoms with E-state index in [1.165, 1.54) is 45.8 Å². The molecular weight excluding hydrogens is 460 g/mol. The molecule has 6 heteroatoms. The largest absolute Gasteiger partial charge is 0.469 e. The van der Waals surface area contributed by atoms with E-state index in [-0.39, 0.29) is 29.8 Å². The maximum atomic E-state index is 13.3. The molecule has 3 heterocycles. The van der Waals surface area contributed by atoms with Crippen LogP contribution in [-0.4, -0.2) is 54.1 Å². The smallest absolute Gasteiger partial charge is 0.310 e. The number of esters is 1. The van der Waals surface area contributed by atoms with Crippen molar-refractivity contribution < 1.29 is 9.53 Å². The number of hydrogen-bond acceptors (Lipinski definition) is 4. The summed E-state index contributed by atoms with van der Waals surface area (Å²) in [6.45, 7) is 3.61. The molecule has 4 aromatic rings. The number of allylic oxidation sites excluding steroid dienone is 1. The normalized spacial score (nSPS) is 25.2. The molecule has 192 valence electrons. The zero-order valence-corrected chi connectivity index (χ0v) is 21.9. The van der Waals surface area contributed by atoms with Crippen molar-refractivity contribution in [2.24, 2.45) is 17.6 Å². The predicted molar refractivity (Wildman–Crippen MR) is 149 cm³/mol. The fourth-order valence-electron chi connectivity index (χ4n) is 7.04. The minimum atomic E-state index is -0.204. The van der Waals surface area contributed by atoms with Crippen LogP contribution in [0.15, 0.2) is 60.3 Å². The Labute approximate surface area is 217 Å². The number of nitrogens with one attached hydrogen (secondary N) is 2. The number of para-hydroxylation sites is 1. The molecule has 4 N–H and O–H groups in total. The van der Waals surface area contributed by atoms with Crippen molar-refractivity contribution in [1.29, 1.82) is 0 Å². The third-order valence-electron chi connectivity index (χ3n) is 8.87. The lowest BCUT2D eigenvalue weighted by Gasteiger charge is -2.46. The van der Waals surface area contributed by atoms with E-state index in [0.29, 0.717) is 6.54 Å². The highest BCUT2D eigenvalue weighted by atomic mass is 16.5. The summed E-state index contributed by atoms with van der Waals surface area (Å²) in [4.78, 5) is 23.0. The van der Waals surface area contributed by atoms with Gasteiger partial charge in [-0.1, -0.05) is 42.0 Å². The number of aromatic amines is 2. The summed E-state index contributed by atoms with van der Waals surface area (Å²) >= 11 is 0. The van der Waals surface area contributed by atoms with Crippen LogP contribution in [0.5, 0.6) is 0 Å². The quantitative estimate of drug-likeness (QED) is 0.277. The van der Waals surface area contributed by atoms with Gasteiger partial charge in [-0.25, -0.2) is 0 Å². The Bertz CT molecular complexity index is 1500. The summed E-state index contributed by atoms with van der Waals surface area (Å²) < 4.78 is 5.43. The topological polar surface area (TPSA) is 87.1 Å². The number of carbonyl (C=O) groups is 1. The second-order valence-electron chi connectivity index (χ2n) is 10.7. The van der Waals surface area contributed by atoms with Crippen molar-refractivity contribution in [3.05, 3.63) is 82.7 Å². The number of methoxy groups -OCH3 is 1. The molecule has 1 aliphatic carbocycles. The number of likely N-dealkylation sites (tertiary alicyclic amines) is 1. The van der Waals surface area contributed by atoms with Crippen LogP contribution in [0.3, 0.4) is 0 Å². The van der Waals surface area contributed by atoms with E-state index in [1.807, 2.05) is 0 Å². The summed E-state index contributed by atoms with van der Waals surface area (Å²) in [6, 6.07) is 15.5. The third-order valence-corrected chi connectivity index (χ3v) is 8.87. The van der Waals surface area contributed by atoms with Crippen LogP contribution >= 0.6 is 0 Å². The third kappa shape index (κ3) is 3.90. The number of nitrogens with zero attached hydrogens (tertiary/aromatic N) is 1. The van der Waals surface area contributed by atoms with Gasteiger partial charge in [0.05, 0.1) is 13.0 Å². The van der Waals surface area contributed by atoms with Gasteiger partial charge in [0.15, 0.2) is 0 Å². The Hall–Kier alpha value is -3.35. The number of nitrogens with two attached hydrogens (primary N) is 1. The maximum absolute atomic E-state index is 13.3. The fraction of sp³-hybridized carbons (Fsp3) is 0.387. The number of fused-ring (bicyclic) bond motifs is 6. The molecule has 1 aliphatic heterocycles. The molecule has 6 nitrogen and oxygen atoms in total. The molecule has 0 unspecified atom stereocenters. The number of rotatable bonds is 4. The highest BCUT2D eigenvalue weighted by Crippen LogP contribution is 2.47. The summed E-state index contributed by atoms with van der Waals surface area (Å²) in [5.41, 5.74) is 14.6. The second-order valence-corrected chi connectivity index (χ2v) is 10.7. The number of H-pyrrole nitrogens is 2. The summed E-state index contributed by atoms with van der Waals surface area (Å²) in [6.07, 6.45) is 6.82. The average molecular weight is 497 g/mol. The zero-order valence-electron chi connectivity index (χ0n) is 21.9. The molecule has 0 spiro atoms. The Morgan fingerprint density at radius 3 is 2.81 bits per heavy atom. The number of likely N-dealkylation sites (N-methyl/N-ethyl adjacent to an activating group) is 1. The monoisotopic (exact) mass is 496 g/mol. The van der Waals surface area contributed by atoms with Gasteiger partial charge in [-0.05, 0) is 74.5 Å². The molecule has 1 saturated heterocycles. The lowest BCUT2D eigenvalue weighted by molar-refractivity contribution is -0.151. The SMILES string of the molecule is C/C=C1\CN(C)[C@H]2Cc3c([nH]c4ccccc34)[C@H](c3ccc4c(CCN)c[nH]c4c3)C[C@@H]1[C@@H]2C(=O)OC. The lowest BCUT2D eigenvalue weighted by Crippen LogP contribution is -2.53. The maximum Gasteiger partial charge on any atom is 0.310 e. The number of aromatic nitrogens is 2. The zero-order chi connectivity index (χ0) is 25.7. The molecule has 4 atom stereocenters. The molecule has 0 amide bonds. The first-order valence-corrected chi connectivity index (χ1v) is 13.4. The predicted octanol–water partition coefficient (Wildman–Crippen LogP) is 4.89. The van der Waals surface area contributed by atoms with Gasteiger partial charge in [0.2, 0.25) is 0 Å². The Kier molecular flexibility index (Phi) is 6.17. The summed E-state index contributed by atoms with van der Waals surface area (Å²) in [5, 5.41) is 2.49. The van der Waals surface area contributed by atoms with Crippen molar-refractivity contribution in [3.8, 4) is 0 Å². The molecule has 2 aromatic carbocycles. The van der Waals surface area contributed by atoms with Gasteiger partial charge in [0.25, 0.3) is 0 Å². The minimum absolute atomic E-state index is 0.0877. The highest BCUT2D eigenvalue weighted by Gasteiger charge is 2.47. The summed E-state index contributed by atoms with van der Waals surface area (Å²) in [7, 11) is 3.67. The molecular formula is C31H36N4O2.